The maximum Gasteiger partial charge on any atom is 0.251 e. The fraction of sp³-hybridized carbons (Fsp3) is 0.312. The van der Waals surface area contributed by atoms with Crippen molar-refractivity contribution in [2.45, 2.75) is 5.75 Å². The van der Waals surface area contributed by atoms with Crippen molar-refractivity contribution in [1.29, 1.82) is 0 Å². The number of benzene rings is 1. The number of carbonyl (C=O) groups excluding carboxylic acids is 1. The van der Waals surface area contributed by atoms with Crippen LogP contribution in [0, 0.1) is 0 Å². The van der Waals surface area contributed by atoms with Crippen LogP contribution >= 0.6 is 55.0 Å². The molecule has 1 aromatic carbocycles. The van der Waals surface area contributed by atoms with Crippen molar-refractivity contribution in [3.05, 3.63) is 43.0 Å². The average molecular weight is 495 g/mol. The van der Waals surface area contributed by atoms with Gasteiger partial charge in [0.2, 0.25) is 0 Å². The van der Waals surface area contributed by atoms with Crippen LogP contribution in [0.15, 0.2) is 32.5 Å². The molecule has 0 bridgehead atoms. The molecule has 0 saturated heterocycles. The second kappa shape index (κ2) is 9.70. The van der Waals surface area contributed by atoms with Gasteiger partial charge in [0.25, 0.3) is 5.91 Å². The monoisotopic (exact) mass is 493 g/mol. The van der Waals surface area contributed by atoms with Crippen molar-refractivity contribution in [3.63, 3.8) is 0 Å². The highest BCUT2D eigenvalue weighted by atomic mass is 79.9. The second-order valence-corrected chi connectivity index (χ2v) is 9.15. The molecule has 1 N–H and O–H groups in total. The van der Waals surface area contributed by atoms with Gasteiger partial charge in [-0.25, -0.2) is 0 Å². The summed E-state index contributed by atoms with van der Waals surface area (Å²) in [6.07, 6.45) is 0. The lowest BCUT2D eigenvalue weighted by molar-refractivity contribution is 0.0955. The number of hydrogen-bond acceptors (Lipinski definition) is 5. The largest absolute Gasteiger partial charge is 0.495 e. The molecule has 1 amide bonds. The molecule has 4 nitrogen and oxygen atoms in total. The molecule has 0 spiro atoms. The van der Waals surface area contributed by atoms with Crippen molar-refractivity contribution < 1.29 is 14.3 Å². The number of thiophene rings is 1. The quantitative estimate of drug-likeness (QED) is 0.527. The van der Waals surface area contributed by atoms with Crippen LogP contribution in [0.1, 0.15) is 15.2 Å². The fourth-order valence-corrected chi connectivity index (χ4v) is 4.95. The number of ether oxygens (including phenoxy) is 2. The predicted octanol–water partition coefficient (Wildman–Crippen LogP) is 4.95. The van der Waals surface area contributed by atoms with Crippen LogP contribution in [0.5, 0.6) is 11.5 Å². The summed E-state index contributed by atoms with van der Waals surface area (Å²) in [6.45, 7) is 0.608. The van der Waals surface area contributed by atoms with Gasteiger partial charge in [-0.1, -0.05) is 0 Å². The first-order chi connectivity index (χ1) is 11.5. The minimum Gasteiger partial charge on any atom is -0.495 e. The number of nitrogens with one attached hydrogen (secondary N) is 1. The van der Waals surface area contributed by atoms with Crippen molar-refractivity contribution >= 4 is 60.9 Å². The average Bonchev–Trinajstić information content (AvgIpc) is 2.99. The van der Waals surface area contributed by atoms with Crippen LogP contribution in [-0.4, -0.2) is 32.4 Å². The Morgan fingerprint density at radius 3 is 2.42 bits per heavy atom. The van der Waals surface area contributed by atoms with E-state index in [0.29, 0.717) is 28.1 Å². The Bertz CT molecular complexity index is 681. The molecule has 2 rings (SSSR count). The maximum atomic E-state index is 12.3. The Labute approximate surface area is 166 Å². The van der Waals surface area contributed by atoms with Gasteiger partial charge in [-0.05, 0) is 56.1 Å². The number of hydrogen-bond donors (Lipinski definition) is 1. The fourth-order valence-electron chi connectivity index (χ4n) is 1.94. The van der Waals surface area contributed by atoms with Crippen molar-refractivity contribution in [3.8, 4) is 11.5 Å². The van der Waals surface area contributed by atoms with E-state index in [2.05, 4.69) is 49.3 Å². The number of rotatable bonds is 8. The van der Waals surface area contributed by atoms with E-state index in [4.69, 9.17) is 9.47 Å². The van der Waals surface area contributed by atoms with Crippen molar-refractivity contribution in [2.24, 2.45) is 0 Å². The summed E-state index contributed by atoms with van der Waals surface area (Å²) in [5.41, 5.74) is 0.513. The lowest BCUT2D eigenvalue weighted by Gasteiger charge is -2.11. The number of thioether (sulfide) groups is 1. The lowest BCUT2D eigenvalue weighted by Crippen LogP contribution is -2.25. The van der Waals surface area contributed by atoms with E-state index in [0.717, 1.165) is 15.3 Å². The molecule has 0 aliphatic carbocycles. The zero-order valence-electron chi connectivity index (χ0n) is 13.2. The third-order valence-electron chi connectivity index (χ3n) is 3.11. The first kappa shape index (κ1) is 19.6. The van der Waals surface area contributed by atoms with E-state index < -0.39 is 0 Å². The van der Waals surface area contributed by atoms with Gasteiger partial charge in [0, 0.05) is 28.5 Å². The molecule has 0 atom stereocenters. The van der Waals surface area contributed by atoms with E-state index >= 15 is 0 Å². The molecule has 0 radical (unpaired) electrons. The van der Waals surface area contributed by atoms with Gasteiger partial charge in [-0.3, -0.25) is 4.79 Å². The van der Waals surface area contributed by atoms with Gasteiger partial charge in [0.15, 0.2) is 0 Å². The third-order valence-corrected chi connectivity index (χ3v) is 6.71. The van der Waals surface area contributed by atoms with Crippen molar-refractivity contribution in [1.82, 2.24) is 5.32 Å². The van der Waals surface area contributed by atoms with E-state index in [1.165, 1.54) is 4.88 Å². The highest BCUT2D eigenvalue weighted by Crippen LogP contribution is 2.35. The second-order valence-electron chi connectivity index (χ2n) is 4.71. The van der Waals surface area contributed by atoms with Gasteiger partial charge in [0.05, 0.1) is 18.0 Å². The zero-order valence-corrected chi connectivity index (χ0v) is 18.0. The normalized spacial score (nSPS) is 10.5. The van der Waals surface area contributed by atoms with E-state index in [1.807, 2.05) is 0 Å². The number of halogens is 2. The Kier molecular flexibility index (Phi) is 7.93. The lowest BCUT2D eigenvalue weighted by atomic mass is 10.2. The summed E-state index contributed by atoms with van der Waals surface area (Å²) in [5, 5.41) is 2.92. The molecule has 24 heavy (non-hydrogen) atoms. The molecule has 0 fully saturated rings. The first-order valence-corrected chi connectivity index (χ1v) is 10.6. The van der Waals surface area contributed by atoms with Gasteiger partial charge in [-0.2, -0.15) is 11.8 Å². The van der Waals surface area contributed by atoms with Crippen LogP contribution in [0.4, 0.5) is 0 Å². The molecule has 0 unspecified atom stereocenters. The minimum absolute atomic E-state index is 0.140. The van der Waals surface area contributed by atoms with Gasteiger partial charge >= 0.3 is 0 Å². The molecule has 130 valence electrons. The van der Waals surface area contributed by atoms with Crippen LogP contribution in [0.3, 0.4) is 0 Å². The summed E-state index contributed by atoms with van der Waals surface area (Å²) in [7, 11) is 3.11. The molecular weight excluding hydrogens is 478 g/mol. The first-order valence-electron chi connectivity index (χ1n) is 7.06. The summed E-state index contributed by atoms with van der Waals surface area (Å²) in [5.74, 6) is 2.80. The summed E-state index contributed by atoms with van der Waals surface area (Å²) >= 11 is 10.4. The van der Waals surface area contributed by atoms with Gasteiger partial charge in [0.1, 0.15) is 16.0 Å². The smallest absolute Gasteiger partial charge is 0.251 e. The maximum absolute atomic E-state index is 12.3. The zero-order chi connectivity index (χ0) is 17.5. The topological polar surface area (TPSA) is 47.6 Å². The number of carbonyl (C=O) groups is 1. The molecule has 2 aromatic rings. The molecule has 1 heterocycles. The Balaban J connectivity index is 1.84. The number of amides is 1. The van der Waals surface area contributed by atoms with Gasteiger partial charge in [-0.15, -0.1) is 11.3 Å². The van der Waals surface area contributed by atoms with Crippen LogP contribution in [0.2, 0.25) is 0 Å². The van der Waals surface area contributed by atoms with Crippen LogP contribution < -0.4 is 14.8 Å². The van der Waals surface area contributed by atoms with Crippen molar-refractivity contribution in [2.75, 3.05) is 26.5 Å². The molecule has 0 saturated carbocycles. The Morgan fingerprint density at radius 2 is 1.88 bits per heavy atom. The Morgan fingerprint density at radius 1 is 1.21 bits per heavy atom. The third kappa shape index (κ3) is 5.40. The van der Waals surface area contributed by atoms with Crippen LogP contribution in [0.25, 0.3) is 0 Å². The predicted molar refractivity (Wildman–Crippen MR) is 108 cm³/mol. The molecule has 0 aliphatic rings. The highest BCUT2D eigenvalue weighted by molar-refractivity contribution is 9.11. The standard InChI is InChI=1S/C16H17Br2NO3S2/c1-21-12-7-10(8-13(22-2)15(12)18)16(20)19-5-6-23-9-11-3-4-14(17)24-11/h3-4,7-8H,5-6,9H2,1-2H3,(H,19,20). The van der Waals surface area contributed by atoms with E-state index in [1.54, 1.807) is 49.5 Å². The minimum atomic E-state index is -0.140. The Hall–Kier alpha value is -0.700. The highest BCUT2D eigenvalue weighted by Gasteiger charge is 2.14. The number of methoxy groups -OCH3 is 2. The molecule has 0 aliphatic heterocycles. The molecular formula is C16H17Br2NO3S2. The SMILES string of the molecule is COc1cc(C(=O)NCCSCc2ccc(Br)s2)cc(OC)c1Br. The van der Waals surface area contributed by atoms with Crippen LogP contribution in [-0.2, 0) is 5.75 Å². The van der Waals surface area contributed by atoms with E-state index in [9.17, 15) is 4.79 Å². The summed E-state index contributed by atoms with van der Waals surface area (Å²) in [4.78, 5) is 13.6. The van der Waals surface area contributed by atoms with Gasteiger partial charge < -0.3 is 14.8 Å². The molecule has 8 heteroatoms. The van der Waals surface area contributed by atoms with E-state index in [-0.39, 0.29) is 5.91 Å². The molecule has 1 aromatic heterocycles. The summed E-state index contributed by atoms with van der Waals surface area (Å²) in [6, 6.07) is 7.55. The summed E-state index contributed by atoms with van der Waals surface area (Å²) < 4.78 is 12.4.